The molecule has 6 heteroatoms. The van der Waals surface area contributed by atoms with Crippen molar-refractivity contribution >= 4 is 6.04 Å². The molecule has 1 atom stereocenters. The fourth-order valence-corrected chi connectivity index (χ4v) is 2.56. The summed E-state index contributed by atoms with van der Waals surface area (Å²) in [7, 11) is 0. The van der Waals surface area contributed by atoms with Gasteiger partial charge in [0.2, 0.25) is 0 Å². The summed E-state index contributed by atoms with van der Waals surface area (Å²) in [6.45, 7) is 3.14. The summed E-state index contributed by atoms with van der Waals surface area (Å²) in [5, 5.41) is 8.69. The zero-order valence-corrected chi connectivity index (χ0v) is 10.0. The van der Waals surface area contributed by atoms with Crippen molar-refractivity contribution in [2.45, 2.75) is 44.7 Å². The lowest BCUT2D eigenvalue weighted by molar-refractivity contribution is -0.198. The number of aliphatic hydroxyl groups excluding tert-OH is 1. The number of carbonyl (C=O) groups is 1. The van der Waals surface area contributed by atoms with Gasteiger partial charge in [-0.1, -0.05) is 0 Å². The van der Waals surface area contributed by atoms with Crippen molar-refractivity contribution in [3.63, 3.8) is 0 Å². The molecule has 0 bridgehead atoms. The molecule has 1 N–H and O–H groups in total. The van der Waals surface area contributed by atoms with E-state index in [0.717, 1.165) is 0 Å². The van der Waals surface area contributed by atoms with Gasteiger partial charge in [0.05, 0.1) is 0 Å². The van der Waals surface area contributed by atoms with E-state index in [4.69, 9.17) is 5.11 Å². The number of hydrogen-bond acceptors (Lipinski definition) is 3. The van der Waals surface area contributed by atoms with Crippen LogP contribution in [0.25, 0.3) is 0 Å². The van der Waals surface area contributed by atoms with Gasteiger partial charge in [-0.15, -0.1) is 0 Å². The van der Waals surface area contributed by atoms with Crippen LogP contribution in [0.2, 0.25) is 0 Å². The molecule has 1 rings (SSSR count). The Morgan fingerprint density at radius 1 is 1.53 bits per heavy atom. The molecule has 100 valence electrons. The lowest BCUT2D eigenvalue weighted by atomic mass is 9.93. The average molecular weight is 253 g/mol. The average Bonchev–Trinajstić information content (AvgIpc) is 2.51. The summed E-state index contributed by atoms with van der Waals surface area (Å²) in [5.74, 6) is -0.0395. The van der Waals surface area contributed by atoms with E-state index in [1.54, 1.807) is 13.8 Å². The molecule has 0 unspecified atom stereocenters. The summed E-state index contributed by atoms with van der Waals surface area (Å²) >= 11 is 0. The van der Waals surface area contributed by atoms with Crippen molar-refractivity contribution < 1.29 is 23.1 Å². The highest BCUT2D eigenvalue weighted by molar-refractivity contribution is 5.75. The highest BCUT2D eigenvalue weighted by Crippen LogP contribution is 2.41. The van der Waals surface area contributed by atoms with E-state index in [1.165, 1.54) is 0 Å². The number of carbonyl (C=O) groups excluding carboxylic acids is 1. The van der Waals surface area contributed by atoms with Crippen LogP contribution in [0.1, 0.15) is 33.1 Å². The fourth-order valence-electron chi connectivity index (χ4n) is 2.56. The number of hydrogen-bond donors (Lipinski definition) is 1. The van der Waals surface area contributed by atoms with Gasteiger partial charge >= 0.3 is 12.1 Å². The minimum atomic E-state index is -4.04. The first kappa shape index (κ1) is 14.4. The van der Waals surface area contributed by atoms with E-state index >= 15 is 0 Å². The maximum Gasteiger partial charge on any atom is 0.395 e. The molecule has 0 radical (unpaired) electrons. The van der Waals surface area contributed by atoms with Crippen LogP contribution in [-0.4, -0.2) is 40.8 Å². The van der Waals surface area contributed by atoms with Crippen molar-refractivity contribution in [3.05, 3.63) is 0 Å². The molecule has 3 nitrogen and oxygen atoms in total. The second-order valence-corrected chi connectivity index (χ2v) is 5.17. The number of rotatable bonds is 5. The third-order valence-corrected chi connectivity index (χ3v) is 3.31. The van der Waals surface area contributed by atoms with Crippen LogP contribution >= 0.6 is 0 Å². The molecule has 0 amide bonds. The van der Waals surface area contributed by atoms with Gasteiger partial charge in [0.1, 0.15) is 0 Å². The van der Waals surface area contributed by atoms with Crippen LogP contribution in [0.15, 0.2) is 0 Å². The number of aliphatic hydroxyl groups is 1. The molecule has 1 aliphatic rings. The molecule has 0 spiro atoms. The Balaban J connectivity index is 2.77. The molecule has 0 aromatic carbocycles. The second kappa shape index (κ2) is 4.94. The molecule has 1 fully saturated rings. The Kier molecular flexibility index (Phi) is 4.19. The first-order valence-corrected chi connectivity index (χ1v) is 5.68. The predicted octanol–water partition coefficient (Wildman–Crippen LogP) is 1.95. The number of alkyl halides is 2. The van der Waals surface area contributed by atoms with Gasteiger partial charge in [-0.2, -0.15) is 13.2 Å². The van der Waals surface area contributed by atoms with Crippen molar-refractivity contribution in [1.82, 2.24) is 4.90 Å². The topological polar surface area (TPSA) is 40.5 Å². The Hall–Kier alpha value is -0.620. The molecule has 0 saturated carbocycles. The largest absolute Gasteiger partial charge is 0.396 e. The minimum Gasteiger partial charge on any atom is -0.396 e. The maximum absolute atomic E-state index is 13.4. The van der Waals surface area contributed by atoms with Gasteiger partial charge in [0.25, 0.3) is 0 Å². The summed E-state index contributed by atoms with van der Waals surface area (Å²) in [6.07, 6.45) is 1.60. The molecule has 1 heterocycles. The van der Waals surface area contributed by atoms with E-state index in [1.807, 2.05) is 0 Å². The zero-order valence-electron chi connectivity index (χ0n) is 10.0. The predicted molar refractivity (Wildman–Crippen MR) is 56.3 cm³/mol. The van der Waals surface area contributed by atoms with Crippen LogP contribution in [0.4, 0.5) is 13.2 Å². The third kappa shape index (κ3) is 2.98. The Morgan fingerprint density at radius 2 is 2.12 bits per heavy atom. The molecule has 1 aliphatic heterocycles. The molecule has 1 saturated heterocycles. The molecule has 0 aromatic heterocycles. The normalized spacial score (nSPS) is 25.2. The molecule has 0 aromatic rings. The Labute approximate surface area is 98.6 Å². The standard InChI is InChI=1S/C11H18F3NO2/c1-10(2)6-8(4-3-5-16)7-15(10)11(13,14)9(12)17/h8,16H,3-7H2,1-2H3/t8-/m0/s1. The van der Waals surface area contributed by atoms with E-state index in [2.05, 4.69) is 0 Å². The highest BCUT2D eigenvalue weighted by Gasteiger charge is 2.55. The molecular weight excluding hydrogens is 235 g/mol. The van der Waals surface area contributed by atoms with Gasteiger partial charge in [0, 0.05) is 18.7 Å². The molecule has 0 aliphatic carbocycles. The lowest BCUT2D eigenvalue weighted by Gasteiger charge is -2.34. The summed E-state index contributed by atoms with van der Waals surface area (Å²) in [4.78, 5) is 11.0. The fraction of sp³-hybridized carbons (Fsp3) is 0.909. The van der Waals surface area contributed by atoms with Gasteiger partial charge in [-0.25, -0.2) is 4.90 Å². The SMILES string of the molecule is CC1(C)C[C@H](CCCO)CN1C(F)(F)C(=O)F. The second-order valence-electron chi connectivity index (χ2n) is 5.17. The monoisotopic (exact) mass is 253 g/mol. The van der Waals surface area contributed by atoms with Crippen molar-refractivity contribution in [2.24, 2.45) is 5.92 Å². The first-order valence-electron chi connectivity index (χ1n) is 5.68. The van der Waals surface area contributed by atoms with E-state index < -0.39 is 17.6 Å². The lowest BCUT2D eigenvalue weighted by Crippen LogP contribution is -2.53. The number of nitrogens with zero attached hydrogens (tertiary/aromatic N) is 1. The maximum atomic E-state index is 13.4. The van der Waals surface area contributed by atoms with Crippen LogP contribution in [0, 0.1) is 5.92 Å². The van der Waals surface area contributed by atoms with Crippen molar-refractivity contribution in [3.8, 4) is 0 Å². The molecular formula is C11H18F3NO2. The minimum absolute atomic E-state index is 0.00929. The van der Waals surface area contributed by atoms with Crippen molar-refractivity contribution in [2.75, 3.05) is 13.2 Å². The van der Waals surface area contributed by atoms with Crippen molar-refractivity contribution in [1.29, 1.82) is 0 Å². The Bertz CT molecular complexity index is 294. The molecule has 17 heavy (non-hydrogen) atoms. The summed E-state index contributed by atoms with van der Waals surface area (Å²) in [6, 6.07) is -6.65. The number of likely N-dealkylation sites (tertiary alicyclic amines) is 1. The van der Waals surface area contributed by atoms with Crippen LogP contribution in [-0.2, 0) is 4.79 Å². The summed E-state index contributed by atoms with van der Waals surface area (Å²) in [5.41, 5.74) is -0.911. The van der Waals surface area contributed by atoms with Crippen LogP contribution < -0.4 is 0 Å². The van der Waals surface area contributed by atoms with Crippen LogP contribution in [0.5, 0.6) is 0 Å². The third-order valence-electron chi connectivity index (χ3n) is 3.31. The Morgan fingerprint density at radius 3 is 2.59 bits per heavy atom. The smallest absolute Gasteiger partial charge is 0.395 e. The van der Waals surface area contributed by atoms with E-state index in [0.29, 0.717) is 24.2 Å². The summed E-state index contributed by atoms with van der Waals surface area (Å²) < 4.78 is 39.2. The van der Waals surface area contributed by atoms with Gasteiger partial charge in [-0.3, -0.25) is 4.79 Å². The zero-order chi connectivity index (χ0) is 13.3. The van der Waals surface area contributed by atoms with Gasteiger partial charge in [-0.05, 0) is 39.0 Å². The quantitative estimate of drug-likeness (QED) is 0.601. The van der Waals surface area contributed by atoms with E-state index in [-0.39, 0.29) is 19.1 Å². The van der Waals surface area contributed by atoms with Gasteiger partial charge in [0.15, 0.2) is 0 Å². The van der Waals surface area contributed by atoms with Gasteiger partial charge < -0.3 is 5.11 Å². The van der Waals surface area contributed by atoms with Crippen LogP contribution in [0.3, 0.4) is 0 Å². The highest BCUT2D eigenvalue weighted by atomic mass is 19.3. The number of halogens is 3. The van der Waals surface area contributed by atoms with E-state index in [9.17, 15) is 18.0 Å². The first-order chi connectivity index (χ1) is 7.71.